The van der Waals surface area contributed by atoms with E-state index in [0.717, 1.165) is 49.2 Å². The molecule has 1 aromatic rings. The highest BCUT2D eigenvalue weighted by atomic mass is 32.2. The molecule has 3 fully saturated rings. The van der Waals surface area contributed by atoms with Gasteiger partial charge in [-0.1, -0.05) is 6.07 Å². The Hall–Kier alpha value is -2.20. The number of piperazine rings is 1. The Kier molecular flexibility index (Phi) is 6.30. The Morgan fingerprint density at radius 2 is 2.18 bits per heavy atom. The smallest absolute Gasteiger partial charge is 0.241 e. The number of hydrogen-bond acceptors (Lipinski definition) is 9. The van der Waals surface area contributed by atoms with Gasteiger partial charge in [0.15, 0.2) is 0 Å². The van der Waals surface area contributed by atoms with Gasteiger partial charge in [0.1, 0.15) is 6.04 Å². The first kappa shape index (κ1) is 22.6. The molecule has 176 valence electrons. The van der Waals surface area contributed by atoms with Crippen LogP contribution in [-0.4, -0.2) is 70.3 Å². The Morgan fingerprint density at radius 1 is 1.33 bits per heavy atom. The lowest BCUT2D eigenvalue weighted by Gasteiger charge is -2.38. The predicted molar refractivity (Wildman–Crippen MR) is 119 cm³/mol. The number of carbonyl (C=O) groups excluding carboxylic acids is 2. The summed E-state index contributed by atoms with van der Waals surface area (Å²) >= 11 is 1.06. The molecule has 3 saturated heterocycles. The zero-order valence-corrected chi connectivity index (χ0v) is 19.1. The number of nitrogens with zero attached hydrogens (tertiary/aromatic N) is 4. The summed E-state index contributed by atoms with van der Waals surface area (Å²) in [7, 11) is 0. The standard InChI is InChI=1S/C22H28N6O4S/c23-10-14-2-1-7-27(14)21(29)18(24)12-26-11-15-9-20(26)22(30)28(15)19-6-3-13-8-16(33-32-31-25)4-5-17(13)19/h4-5,8,14-15,18-20H,1-3,6-7,9,11-12,24-25H2/t14-,15?,18-,19-,20-/m0/s1. The molecule has 2 amide bonds. The Balaban J connectivity index is 1.23. The maximum Gasteiger partial charge on any atom is 0.241 e. The molecule has 4 N–H and O–H groups in total. The van der Waals surface area contributed by atoms with Crippen molar-refractivity contribution in [3.8, 4) is 6.07 Å². The van der Waals surface area contributed by atoms with E-state index in [1.807, 2.05) is 6.07 Å². The van der Waals surface area contributed by atoms with E-state index in [9.17, 15) is 14.9 Å². The van der Waals surface area contributed by atoms with Gasteiger partial charge in [-0.25, -0.2) is 0 Å². The van der Waals surface area contributed by atoms with Crippen LogP contribution in [-0.2, 0) is 25.3 Å². The van der Waals surface area contributed by atoms with Crippen LogP contribution in [0.4, 0.5) is 0 Å². The molecule has 5 rings (SSSR count). The van der Waals surface area contributed by atoms with Gasteiger partial charge in [-0.05, 0) is 55.4 Å². The first-order chi connectivity index (χ1) is 16.0. The number of amides is 2. The van der Waals surface area contributed by atoms with Gasteiger partial charge in [0, 0.05) is 30.6 Å². The number of carbonyl (C=O) groups is 2. The Bertz CT molecular complexity index is 986. The number of benzene rings is 1. The lowest BCUT2D eigenvalue weighted by molar-refractivity contribution is -0.195. The molecular weight excluding hydrogens is 444 g/mol. The maximum absolute atomic E-state index is 13.3. The fraction of sp³-hybridized carbons (Fsp3) is 0.591. The van der Waals surface area contributed by atoms with Crippen molar-refractivity contribution in [2.24, 2.45) is 11.6 Å². The highest BCUT2D eigenvalue weighted by Crippen LogP contribution is 2.44. The fourth-order valence-electron chi connectivity index (χ4n) is 5.98. The van der Waals surface area contributed by atoms with E-state index in [1.54, 1.807) is 4.90 Å². The minimum Gasteiger partial charge on any atom is -0.330 e. The average Bonchev–Trinajstić information content (AvgIpc) is 3.59. The van der Waals surface area contributed by atoms with E-state index < -0.39 is 6.04 Å². The third kappa shape index (κ3) is 4.01. The van der Waals surface area contributed by atoms with E-state index >= 15 is 0 Å². The van der Waals surface area contributed by atoms with Crippen molar-refractivity contribution < 1.29 is 18.9 Å². The fourth-order valence-corrected chi connectivity index (χ4v) is 6.41. The van der Waals surface area contributed by atoms with Gasteiger partial charge in [-0.2, -0.15) is 11.2 Å². The molecule has 11 heteroatoms. The summed E-state index contributed by atoms with van der Waals surface area (Å²) in [5.41, 5.74) is 8.64. The van der Waals surface area contributed by atoms with E-state index in [4.69, 9.17) is 16.0 Å². The van der Waals surface area contributed by atoms with Gasteiger partial charge in [0.2, 0.25) is 11.8 Å². The van der Waals surface area contributed by atoms with E-state index in [1.165, 1.54) is 11.1 Å². The summed E-state index contributed by atoms with van der Waals surface area (Å²) in [5, 5.41) is 9.26. The third-order valence-electron chi connectivity index (χ3n) is 7.41. The molecule has 0 spiro atoms. The minimum absolute atomic E-state index is 0.0756. The van der Waals surface area contributed by atoms with Crippen LogP contribution in [0.15, 0.2) is 23.1 Å². The number of fused-ring (bicyclic) bond motifs is 3. The van der Waals surface area contributed by atoms with Crippen LogP contribution in [0.3, 0.4) is 0 Å². The average molecular weight is 473 g/mol. The first-order valence-electron chi connectivity index (χ1n) is 11.4. The molecule has 33 heavy (non-hydrogen) atoms. The first-order valence-corrected chi connectivity index (χ1v) is 12.1. The number of hydrogen-bond donors (Lipinski definition) is 2. The molecule has 1 unspecified atom stereocenters. The van der Waals surface area contributed by atoms with Crippen molar-refractivity contribution in [3.05, 3.63) is 29.3 Å². The third-order valence-corrected chi connectivity index (χ3v) is 8.01. The topological polar surface area (TPSA) is 138 Å². The molecular formula is C22H28N6O4S. The lowest BCUT2D eigenvalue weighted by atomic mass is 10.1. The maximum atomic E-state index is 13.3. The number of nitriles is 1. The summed E-state index contributed by atoms with van der Waals surface area (Å²) in [6.07, 6.45) is 4.10. The second kappa shape index (κ2) is 9.21. The van der Waals surface area contributed by atoms with Crippen molar-refractivity contribution in [1.29, 1.82) is 5.26 Å². The van der Waals surface area contributed by atoms with Crippen LogP contribution in [0.25, 0.3) is 0 Å². The normalized spacial score (nSPS) is 29.5. The SMILES string of the molecule is N#C[C@@H]1CCCN1C(=O)[C@@H](N)CN1CC2C[C@H]1C(=O)N2[C@H]1CCc2cc(SOON)ccc21. The minimum atomic E-state index is -0.720. The van der Waals surface area contributed by atoms with Crippen LogP contribution >= 0.6 is 12.0 Å². The van der Waals surface area contributed by atoms with E-state index in [0.29, 0.717) is 19.5 Å². The molecule has 0 saturated carbocycles. The molecule has 10 nitrogen and oxygen atoms in total. The molecule has 3 heterocycles. The Morgan fingerprint density at radius 3 is 2.94 bits per heavy atom. The number of likely N-dealkylation sites (tertiary alicyclic amines) is 3. The second-order valence-corrected chi connectivity index (χ2v) is 9.97. The van der Waals surface area contributed by atoms with Gasteiger partial charge in [0.05, 0.1) is 36.2 Å². The summed E-state index contributed by atoms with van der Waals surface area (Å²) in [5.74, 6) is 4.85. The number of rotatable bonds is 7. The van der Waals surface area contributed by atoms with Crippen molar-refractivity contribution in [1.82, 2.24) is 14.7 Å². The highest BCUT2D eigenvalue weighted by molar-refractivity contribution is 7.94. The quantitative estimate of drug-likeness (QED) is 0.332. The van der Waals surface area contributed by atoms with Crippen LogP contribution < -0.4 is 11.6 Å². The van der Waals surface area contributed by atoms with Crippen molar-refractivity contribution in [2.45, 2.75) is 67.2 Å². The predicted octanol–water partition coefficient (Wildman–Crippen LogP) is 0.630. The van der Waals surface area contributed by atoms with Crippen LogP contribution in [0.5, 0.6) is 0 Å². The van der Waals surface area contributed by atoms with Crippen molar-refractivity contribution >= 4 is 23.9 Å². The summed E-state index contributed by atoms with van der Waals surface area (Å²) in [6.45, 7) is 1.65. The molecule has 0 radical (unpaired) electrons. The van der Waals surface area contributed by atoms with Crippen LogP contribution in [0.1, 0.15) is 42.9 Å². The largest absolute Gasteiger partial charge is 0.330 e. The number of nitrogens with two attached hydrogens (primary N) is 2. The van der Waals surface area contributed by atoms with Gasteiger partial charge in [-0.3, -0.25) is 14.5 Å². The monoisotopic (exact) mass is 472 g/mol. The van der Waals surface area contributed by atoms with E-state index in [-0.39, 0.29) is 36.0 Å². The highest BCUT2D eigenvalue weighted by Gasteiger charge is 2.53. The van der Waals surface area contributed by atoms with Crippen LogP contribution in [0, 0.1) is 11.3 Å². The Labute approximate surface area is 196 Å². The van der Waals surface area contributed by atoms with Gasteiger partial charge < -0.3 is 15.5 Å². The molecule has 1 aliphatic carbocycles. The molecule has 3 aliphatic heterocycles. The molecule has 4 aliphatic rings. The van der Waals surface area contributed by atoms with Crippen molar-refractivity contribution in [3.63, 3.8) is 0 Å². The molecule has 0 aromatic heterocycles. The summed E-state index contributed by atoms with van der Waals surface area (Å²) < 4.78 is 4.74. The van der Waals surface area contributed by atoms with Gasteiger partial charge in [-0.15, -0.1) is 9.32 Å². The van der Waals surface area contributed by atoms with Gasteiger partial charge >= 0.3 is 0 Å². The lowest BCUT2D eigenvalue weighted by Crippen LogP contribution is -2.56. The molecule has 1 aromatic carbocycles. The summed E-state index contributed by atoms with van der Waals surface area (Å²) in [6, 6.07) is 7.13. The summed E-state index contributed by atoms with van der Waals surface area (Å²) in [4.78, 5) is 36.9. The second-order valence-electron chi connectivity index (χ2n) is 9.19. The zero-order valence-electron chi connectivity index (χ0n) is 18.3. The molecule has 2 bridgehead atoms. The van der Waals surface area contributed by atoms with E-state index in [2.05, 4.69) is 33.0 Å². The van der Waals surface area contributed by atoms with Crippen LogP contribution in [0.2, 0.25) is 0 Å². The van der Waals surface area contributed by atoms with Crippen molar-refractivity contribution in [2.75, 3.05) is 19.6 Å². The zero-order chi connectivity index (χ0) is 23.1. The number of aryl methyl sites for hydroxylation is 1. The molecule has 5 atom stereocenters. The van der Waals surface area contributed by atoms with Gasteiger partial charge in [0.25, 0.3) is 0 Å².